The first-order valence-electron chi connectivity index (χ1n) is 7.23. The molecule has 3 N–H and O–H groups in total. The molecule has 0 unspecified atom stereocenters. The van der Waals surface area contributed by atoms with Crippen molar-refractivity contribution in [2.24, 2.45) is 17.1 Å². The Hall–Kier alpha value is -2.68. The Morgan fingerprint density at radius 2 is 2.25 bits per heavy atom. The van der Waals surface area contributed by atoms with Crippen molar-refractivity contribution < 1.29 is 29.0 Å². The summed E-state index contributed by atoms with van der Waals surface area (Å²) in [6.07, 6.45) is 1.45. The Labute approximate surface area is 138 Å². The molecule has 0 aromatic carbocycles. The molecule has 2 aliphatic heterocycles. The number of carbonyl (C=O) groups is 3. The van der Waals surface area contributed by atoms with Crippen molar-refractivity contribution in [2.45, 2.75) is 0 Å². The number of esters is 1. The lowest BCUT2D eigenvalue weighted by Crippen LogP contribution is -2.40. The van der Waals surface area contributed by atoms with E-state index >= 15 is 0 Å². The Bertz CT molecular complexity index is 620. The fourth-order valence-corrected chi connectivity index (χ4v) is 3.12. The van der Waals surface area contributed by atoms with Gasteiger partial charge in [0.25, 0.3) is 6.47 Å². The van der Waals surface area contributed by atoms with Gasteiger partial charge in [-0.3, -0.25) is 14.4 Å². The van der Waals surface area contributed by atoms with Crippen LogP contribution < -0.4 is 10.6 Å². The Kier molecular flexibility index (Phi) is 5.35. The van der Waals surface area contributed by atoms with Gasteiger partial charge in [0.15, 0.2) is 0 Å². The summed E-state index contributed by atoms with van der Waals surface area (Å²) in [4.78, 5) is 37.8. The van der Waals surface area contributed by atoms with Crippen molar-refractivity contribution in [1.29, 1.82) is 0 Å². The monoisotopic (exact) mass is 337 g/mol. The van der Waals surface area contributed by atoms with Crippen molar-refractivity contribution in [1.82, 2.24) is 4.98 Å². The van der Waals surface area contributed by atoms with Gasteiger partial charge in [-0.05, 0) is 12.1 Å². The molecule has 2 aliphatic rings. The van der Waals surface area contributed by atoms with Crippen LogP contribution in [0.4, 0.5) is 5.82 Å². The van der Waals surface area contributed by atoms with E-state index in [4.69, 9.17) is 25.1 Å². The number of amides is 1. The van der Waals surface area contributed by atoms with Crippen LogP contribution in [-0.2, 0) is 19.1 Å². The lowest BCUT2D eigenvalue weighted by molar-refractivity contribution is -0.152. The molecule has 2 saturated heterocycles. The number of nitrogens with zero attached hydrogens (tertiary/aromatic N) is 2. The van der Waals surface area contributed by atoms with E-state index in [0.717, 1.165) is 5.82 Å². The van der Waals surface area contributed by atoms with Gasteiger partial charge in [0.05, 0.1) is 25.9 Å². The Balaban J connectivity index is 0.000000647. The third-order valence-corrected chi connectivity index (χ3v) is 4.32. The van der Waals surface area contributed by atoms with E-state index in [1.54, 1.807) is 12.1 Å². The quantitative estimate of drug-likeness (QED) is 0.557. The fraction of sp³-hybridized carbons (Fsp3) is 0.467. The zero-order valence-electron chi connectivity index (χ0n) is 13.2. The number of anilines is 1. The fourth-order valence-electron chi connectivity index (χ4n) is 3.12. The number of pyridine rings is 1. The summed E-state index contributed by atoms with van der Waals surface area (Å²) in [6.45, 7) is 1.86. The van der Waals surface area contributed by atoms with E-state index in [2.05, 4.69) is 4.98 Å². The van der Waals surface area contributed by atoms with Crippen molar-refractivity contribution in [2.75, 3.05) is 38.3 Å². The number of methoxy groups -OCH3 is 1. The maximum atomic E-state index is 12.1. The second-order valence-electron chi connectivity index (χ2n) is 5.62. The second kappa shape index (κ2) is 7.26. The van der Waals surface area contributed by atoms with Crippen LogP contribution in [0.3, 0.4) is 0 Å². The first kappa shape index (κ1) is 17.7. The molecule has 1 aromatic rings. The molecule has 1 aromatic heterocycles. The Morgan fingerprint density at radius 3 is 2.79 bits per heavy atom. The molecule has 3 heterocycles. The van der Waals surface area contributed by atoms with Gasteiger partial charge in [0.1, 0.15) is 11.2 Å². The van der Waals surface area contributed by atoms with Gasteiger partial charge in [-0.15, -0.1) is 0 Å². The van der Waals surface area contributed by atoms with Crippen LogP contribution in [0.15, 0.2) is 18.3 Å². The number of carbonyl (C=O) groups excluding carboxylic acids is 2. The minimum Gasteiger partial charge on any atom is -0.483 e. The number of hydrogen-bond acceptors (Lipinski definition) is 7. The largest absolute Gasteiger partial charge is 0.483 e. The highest BCUT2D eigenvalue weighted by Crippen LogP contribution is 2.43. The van der Waals surface area contributed by atoms with E-state index in [1.165, 1.54) is 13.3 Å². The normalized spacial score (nSPS) is 24.5. The summed E-state index contributed by atoms with van der Waals surface area (Å²) < 4.78 is 10.4. The van der Waals surface area contributed by atoms with Crippen LogP contribution in [0.1, 0.15) is 10.4 Å². The molecular weight excluding hydrogens is 318 g/mol. The highest BCUT2D eigenvalue weighted by Gasteiger charge is 2.57. The maximum Gasteiger partial charge on any atom is 0.316 e. The first-order chi connectivity index (χ1) is 11.5. The highest BCUT2D eigenvalue weighted by atomic mass is 16.5. The van der Waals surface area contributed by atoms with Crippen LogP contribution in [-0.4, -0.2) is 61.9 Å². The van der Waals surface area contributed by atoms with Crippen molar-refractivity contribution in [3.63, 3.8) is 0 Å². The molecule has 0 bridgehead atoms. The minimum absolute atomic E-state index is 0.0996. The topological polar surface area (TPSA) is 132 Å². The molecule has 130 valence electrons. The standard InChI is InChI=1S/C14H17N3O4.CH2O2/c1-20-13(19)14-7-17(5-10(14)6-21-8-14)11-3-2-9(4-16-11)12(15)18;2-1-3/h2-4,10H,5-8H2,1H3,(H2,15,18);1H,(H,2,3)/t10-,14-;/m0./s1. The van der Waals surface area contributed by atoms with Crippen LogP contribution in [0.25, 0.3) is 0 Å². The van der Waals surface area contributed by atoms with E-state index in [-0.39, 0.29) is 18.4 Å². The number of rotatable bonds is 3. The number of carboxylic acid groups (broad SMARTS) is 1. The molecule has 0 aliphatic carbocycles. The van der Waals surface area contributed by atoms with Crippen LogP contribution in [0, 0.1) is 11.3 Å². The predicted octanol–water partition coefficient (Wildman–Crippen LogP) is -0.493. The summed E-state index contributed by atoms with van der Waals surface area (Å²) in [5.41, 5.74) is 4.95. The summed E-state index contributed by atoms with van der Waals surface area (Å²) in [5.74, 6) is 0.0771. The van der Waals surface area contributed by atoms with Crippen LogP contribution in [0.2, 0.25) is 0 Å². The predicted molar refractivity (Wildman–Crippen MR) is 82.4 cm³/mol. The SMILES string of the molecule is COC(=O)[C@@]12COC[C@@H]1CN(c1ccc(C(N)=O)cn1)C2.O=CO. The molecule has 2 fully saturated rings. The minimum atomic E-state index is -0.612. The van der Waals surface area contributed by atoms with Gasteiger partial charge in [-0.2, -0.15) is 0 Å². The average molecular weight is 337 g/mol. The summed E-state index contributed by atoms with van der Waals surface area (Å²) in [5, 5.41) is 6.89. The van der Waals surface area contributed by atoms with Gasteiger partial charge in [-0.25, -0.2) is 4.98 Å². The molecule has 1 amide bonds. The lowest BCUT2D eigenvalue weighted by atomic mass is 9.81. The molecular formula is C15H19N3O6. The number of primary amides is 1. The van der Waals surface area contributed by atoms with E-state index in [9.17, 15) is 9.59 Å². The zero-order valence-corrected chi connectivity index (χ0v) is 13.2. The van der Waals surface area contributed by atoms with Gasteiger partial charge < -0.3 is 25.2 Å². The third kappa shape index (κ3) is 3.16. The van der Waals surface area contributed by atoms with Gasteiger partial charge in [0.2, 0.25) is 5.91 Å². The molecule has 9 nitrogen and oxygen atoms in total. The number of fused-ring (bicyclic) bond motifs is 1. The smallest absolute Gasteiger partial charge is 0.316 e. The molecule has 24 heavy (non-hydrogen) atoms. The number of hydrogen-bond donors (Lipinski definition) is 2. The summed E-state index contributed by atoms with van der Waals surface area (Å²) >= 11 is 0. The summed E-state index contributed by atoms with van der Waals surface area (Å²) in [7, 11) is 1.40. The van der Waals surface area contributed by atoms with Gasteiger partial charge >= 0.3 is 5.97 Å². The first-order valence-corrected chi connectivity index (χ1v) is 7.23. The second-order valence-corrected chi connectivity index (χ2v) is 5.62. The van der Waals surface area contributed by atoms with Gasteiger partial charge in [0, 0.05) is 25.2 Å². The zero-order chi connectivity index (χ0) is 17.7. The Morgan fingerprint density at radius 1 is 1.54 bits per heavy atom. The van der Waals surface area contributed by atoms with Crippen molar-refractivity contribution in [3.8, 4) is 0 Å². The van der Waals surface area contributed by atoms with Crippen LogP contribution >= 0.6 is 0 Å². The maximum absolute atomic E-state index is 12.1. The average Bonchev–Trinajstić information content (AvgIpc) is 3.13. The number of nitrogens with two attached hydrogens (primary N) is 1. The molecule has 0 spiro atoms. The van der Waals surface area contributed by atoms with E-state index < -0.39 is 11.3 Å². The molecule has 3 rings (SSSR count). The van der Waals surface area contributed by atoms with Gasteiger partial charge in [-0.1, -0.05) is 0 Å². The molecule has 0 radical (unpaired) electrons. The third-order valence-electron chi connectivity index (χ3n) is 4.32. The van der Waals surface area contributed by atoms with Crippen molar-refractivity contribution >= 4 is 24.2 Å². The summed E-state index contributed by atoms with van der Waals surface area (Å²) in [6, 6.07) is 3.38. The lowest BCUT2D eigenvalue weighted by Gasteiger charge is -2.24. The van der Waals surface area contributed by atoms with Crippen molar-refractivity contribution in [3.05, 3.63) is 23.9 Å². The van der Waals surface area contributed by atoms with Crippen LogP contribution in [0.5, 0.6) is 0 Å². The van der Waals surface area contributed by atoms with E-state index in [1.807, 2.05) is 4.90 Å². The van der Waals surface area contributed by atoms with E-state index in [0.29, 0.717) is 31.9 Å². The molecule has 2 atom stereocenters. The highest BCUT2D eigenvalue weighted by molar-refractivity contribution is 5.92. The number of aromatic nitrogens is 1. The molecule has 0 saturated carbocycles. The number of ether oxygens (including phenoxy) is 2. The molecule has 9 heteroatoms.